The van der Waals surface area contributed by atoms with Crippen LogP contribution in [0.4, 0.5) is 0 Å². The molecule has 0 spiro atoms. The molecule has 0 aliphatic heterocycles. The number of fused-ring (bicyclic) bond motifs is 1. The van der Waals surface area contributed by atoms with Gasteiger partial charge in [-0.3, -0.25) is 0 Å². The van der Waals surface area contributed by atoms with E-state index in [9.17, 15) is 0 Å². The topological polar surface area (TPSA) is 27.7 Å². The summed E-state index contributed by atoms with van der Waals surface area (Å²) in [4.78, 5) is 0. The van der Waals surface area contributed by atoms with Gasteiger partial charge in [0.05, 0.1) is 26.6 Å². The molecule has 0 unspecified atom stereocenters. The molecule has 1 aliphatic rings. The number of allylic oxidation sites excluding steroid dienone is 2. The van der Waals surface area contributed by atoms with Gasteiger partial charge in [-0.05, 0) is 31.6 Å². The molecular formula is C14H18O3. The minimum Gasteiger partial charge on any atom is -0.498 e. The predicted octanol–water partition coefficient (Wildman–Crippen LogP) is 2.72. The van der Waals surface area contributed by atoms with Crippen LogP contribution < -0.4 is 9.47 Å². The zero-order valence-electron chi connectivity index (χ0n) is 10.6. The normalized spacial score (nSPS) is 13.7. The van der Waals surface area contributed by atoms with Crippen LogP contribution >= 0.6 is 0 Å². The number of benzene rings is 1. The second kappa shape index (κ2) is 5.13. The van der Waals surface area contributed by atoms with E-state index in [0.717, 1.165) is 30.1 Å². The van der Waals surface area contributed by atoms with Crippen molar-refractivity contribution >= 4 is 0 Å². The Morgan fingerprint density at radius 2 is 1.71 bits per heavy atom. The highest BCUT2D eigenvalue weighted by molar-refractivity contribution is 5.52. The number of rotatable bonds is 4. The van der Waals surface area contributed by atoms with Crippen molar-refractivity contribution in [3.8, 4) is 11.5 Å². The van der Waals surface area contributed by atoms with E-state index in [4.69, 9.17) is 14.2 Å². The summed E-state index contributed by atoms with van der Waals surface area (Å²) in [7, 11) is 3.39. The van der Waals surface area contributed by atoms with Crippen molar-refractivity contribution < 1.29 is 14.2 Å². The van der Waals surface area contributed by atoms with E-state index in [1.54, 1.807) is 14.2 Å². The second-order valence-electron chi connectivity index (χ2n) is 3.91. The summed E-state index contributed by atoms with van der Waals surface area (Å²) in [5, 5.41) is 0. The Hall–Kier alpha value is -1.64. The average molecular weight is 234 g/mol. The van der Waals surface area contributed by atoms with Crippen LogP contribution in [0.15, 0.2) is 24.0 Å². The van der Waals surface area contributed by atoms with Gasteiger partial charge >= 0.3 is 0 Å². The van der Waals surface area contributed by atoms with Crippen LogP contribution in [-0.2, 0) is 17.6 Å². The predicted molar refractivity (Wildman–Crippen MR) is 66.7 cm³/mol. The average Bonchev–Trinajstić information content (AvgIpc) is 2.37. The van der Waals surface area contributed by atoms with E-state index in [2.05, 4.69) is 6.08 Å². The first-order valence-electron chi connectivity index (χ1n) is 5.84. The first-order valence-corrected chi connectivity index (χ1v) is 5.84. The van der Waals surface area contributed by atoms with Crippen molar-refractivity contribution in [1.29, 1.82) is 0 Å². The second-order valence-corrected chi connectivity index (χ2v) is 3.91. The molecule has 0 saturated heterocycles. The van der Waals surface area contributed by atoms with Crippen molar-refractivity contribution in [1.82, 2.24) is 0 Å². The Kier molecular flexibility index (Phi) is 3.57. The van der Waals surface area contributed by atoms with Crippen LogP contribution in [0.3, 0.4) is 0 Å². The third-order valence-electron chi connectivity index (χ3n) is 3.00. The minimum absolute atomic E-state index is 0.702. The molecule has 0 amide bonds. The fourth-order valence-electron chi connectivity index (χ4n) is 2.21. The van der Waals surface area contributed by atoms with Crippen LogP contribution in [0.5, 0.6) is 11.5 Å². The van der Waals surface area contributed by atoms with Gasteiger partial charge in [-0.1, -0.05) is 0 Å². The van der Waals surface area contributed by atoms with Crippen molar-refractivity contribution in [3.63, 3.8) is 0 Å². The molecule has 2 rings (SSSR count). The molecule has 0 fully saturated rings. The maximum Gasteiger partial charge on any atom is 0.123 e. The summed E-state index contributed by atoms with van der Waals surface area (Å²) in [5.41, 5.74) is 2.38. The lowest BCUT2D eigenvalue weighted by Gasteiger charge is -2.21. The van der Waals surface area contributed by atoms with E-state index in [1.165, 1.54) is 11.1 Å². The van der Waals surface area contributed by atoms with E-state index in [0.29, 0.717) is 6.61 Å². The van der Waals surface area contributed by atoms with Crippen LogP contribution in [0.2, 0.25) is 0 Å². The van der Waals surface area contributed by atoms with Gasteiger partial charge in [-0.25, -0.2) is 0 Å². The standard InChI is InChI=1S/C14H18O3/c1-4-17-10-5-6-11-12(9-10)14(16-3)8-7-13(11)15-2/h5,7-8H,4,6,9H2,1-3H3. The molecule has 1 aliphatic carbocycles. The molecule has 0 aromatic heterocycles. The van der Waals surface area contributed by atoms with Gasteiger partial charge in [0.15, 0.2) is 0 Å². The summed E-state index contributed by atoms with van der Waals surface area (Å²) >= 11 is 0. The van der Waals surface area contributed by atoms with E-state index in [1.807, 2.05) is 19.1 Å². The first kappa shape index (κ1) is 11.8. The maximum atomic E-state index is 5.58. The van der Waals surface area contributed by atoms with Gasteiger partial charge in [0, 0.05) is 17.5 Å². The molecule has 0 heterocycles. The van der Waals surface area contributed by atoms with E-state index >= 15 is 0 Å². The molecule has 1 aromatic carbocycles. The molecule has 0 N–H and O–H groups in total. The van der Waals surface area contributed by atoms with Crippen LogP contribution in [0.1, 0.15) is 18.1 Å². The van der Waals surface area contributed by atoms with Gasteiger partial charge in [-0.2, -0.15) is 0 Å². The van der Waals surface area contributed by atoms with Crippen molar-refractivity contribution in [2.45, 2.75) is 19.8 Å². The zero-order valence-corrected chi connectivity index (χ0v) is 10.6. The molecule has 0 radical (unpaired) electrons. The number of hydrogen-bond acceptors (Lipinski definition) is 3. The molecule has 3 nitrogen and oxygen atoms in total. The Balaban J connectivity index is 2.38. The van der Waals surface area contributed by atoms with Gasteiger partial charge in [0.25, 0.3) is 0 Å². The summed E-state index contributed by atoms with van der Waals surface area (Å²) in [5.74, 6) is 2.85. The van der Waals surface area contributed by atoms with E-state index in [-0.39, 0.29) is 0 Å². The Morgan fingerprint density at radius 1 is 1.06 bits per heavy atom. The monoisotopic (exact) mass is 234 g/mol. The molecule has 1 aromatic rings. The van der Waals surface area contributed by atoms with Crippen molar-refractivity contribution in [2.24, 2.45) is 0 Å². The summed E-state index contributed by atoms with van der Waals surface area (Å²) in [6.45, 7) is 2.70. The fourth-order valence-corrected chi connectivity index (χ4v) is 2.21. The summed E-state index contributed by atoms with van der Waals surface area (Å²) < 4.78 is 16.4. The highest BCUT2D eigenvalue weighted by Gasteiger charge is 2.19. The fraction of sp³-hybridized carbons (Fsp3) is 0.429. The van der Waals surface area contributed by atoms with Gasteiger partial charge in [-0.15, -0.1) is 0 Å². The van der Waals surface area contributed by atoms with Crippen LogP contribution in [-0.4, -0.2) is 20.8 Å². The largest absolute Gasteiger partial charge is 0.498 e. The number of hydrogen-bond donors (Lipinski definition) is 0. The van der Waals surface area contributed by atoms with E-state index < -0.39 is 0 Å². The number of ether oxygens (including phenoxy) is 3. The maximum absolute atomic E-state index is 5.58. The molecule has 92 valence electrons. The molecule has 0 atom stereocenters. The smallest absolute Gasteiger partial charge is 0.123 e. The van der Waals surface area contributed by atoms with Gasteiger partial charge < -0.3 is 14.2 Å². The molecule has 0 saturated carbocycles. The SMILES string of the molecule is CCOC1=CCc2c(OC)ccc(OC)c2C1. The molecule has 0 bridgehead atoms. The third kappa shape index (κ3) is 2.23. The lowest BCUT2D eigenvalue weighted by Crippen LogP contribution is -2.09. The van der Waals surface area contributed by atoms with Gasteiger partial charge in [0.2, 0.25) is 0 Å². The third-order valence-corrected chi connectivity index (χ3v) is 3.00. The minimum atomic E-state index is 0.702. The van der Waals surface area contributed by atoms with Crippen molar-refractivity contribution in [2.75, 3.05) is 20.8 Å². The Labute approximate surface area is 102 Å². The lowest BCUT2D eigenvalue weighted by molar-refractivity contribution is 0.219. The summed E-state index contributed by atoms with van der Waals surface area (Å²) in [6, 6.07) is 3.91. The quantitative estimate of drug-likeness (QED) is 0.801. The molecule has 17 heavy (non-hydrogen) atoms. The van der Waals surface area contributed by atoms with Crippen LogP contribution in [0, 0.1) is 0 Å². The van der Waals surface area contributed by atoms with Crippen LogP contribution in [0.25, 0.3) is 0 Å². The zero-order chi connectivity index (χ0) is 12.3. The highest BCUT2D eigenvalue weighted by Crippen LogP contribution is 2.35. The van der Waals surface area contributed by atoms with Crippen molar-refractivity contribution in [3.05, 3.63) is 35.1 Å². The summed E-state index contributed by atoms with van der Waals surface area (Å²) in [6.07, 6.45) is 3.74. The highest BCUT2D eigenvalue weighted by atomic mass is 16.5. The molecule has 3 heteroatoms. The first-order chi connectivity index (χ1) is 8.30. The lowest BCUT2D eigenvalue weighted by atomic mass is 9.94. The Morgan fingerprint density at radius 3 is 2.29 bits per heavy atom. The number of methoxy groups -OCH3 is 2. The van der Waals surface area contributed by atoms with Gasteiger partial charge in [0.1, 0.15) is 11.5 Å². The Bertz CT molecular complexity index is 435. The molecular weight excluding hydrogens is 216 g/mol.